The molecule has 3 rings (SSSR count). The van der Waals surface area contributed by atoms with Gasteiger partial charge in [-0.05, 0) is 57.7 Å². The van der Waals surface area contributed by atoms with E-state index in [2.05, 4.69) is 28.8 Å². The zero-order valence-corrected chi connectivity index (χ0v) is 14.5. The fraction of sp³-hybridized carbons (Fsp3) is 0.944. The van der Waals surface area contributed by atoms with Crippen LogP contribution in [-0.4, -0.2) is 74.0 Å². The van der Waals surface area contributed by atoms with Crippen LogP contribution >= 0.6 is 0 Å². The molecule has 3 aliphatic rings. The second-order valence-corrected chi connectivity index (χ2v) is 8.07. The molecule has 1 saturated carbocycles. The van der Waals surface area contributed by atoms with Crippen LogP contribution < -0.4 is 0 Å². The molecule has 0 bridgehead atoms. The first-order valence-corrected chi connectivity index (χ1v) is 9.26. The van der Waals surface area contributed by atoms with Crippen molar-refractivity contribution < 1.29 is 4.79 Å². The molecule has 2 heterocycles. The Morgan fingerprint density at radius 3 is 2.50 bits per heavy atom. The summed E-state index contributed by atoms with van der Waals surface area (Å²) in [6, 6.07) is 0. The molecule has 1 aliphatic carbocycles. The summed E-state index contributed by atoms with van der Waals surface area (Å²) in [5, 5.41) is 0. The van der Waals surface area contributed by atoms with Gasteiger partial charge in [-0.15, -0.1) is 0 Å². The molecule has 4 heteroatoms. The van der Waals surface area contributed by atoms with Crippen molar-refractivity contribution in [3.05, 3.63) is 0 Å². The molecular weight excluding hydrogens is 274 g/mol. The predicted octanol–water partition coefficient (Wildman–Crippen LogP) is 1.91. The maximum atomic E-state index is 12.5. The molecule has 22 heavy (non-hydrogen) atoms. The summed E-state index contributed by atoms with van der Waals surface area (Å²) in [7, 11) is 4.29. The lowest BCUT2D eigenvalue weighted by Crippen LogP contribution is -2.42. The predicted molar refractivity (Wildman–Crippen MR) is 89.7 cm³/mol. The number of hydrogen-bond acceptors (Lipinski definition) is 3. The van der Waals surface area contributed by atoms with Gasteiger partial charge in [0, 0.05) is 39.1 Å². The van der Waals surface area contributed by atoms with E-state index in [9.17, 15) is 4.79 Å². The molecule has 0 spiro atoms. The average molecular weight is 307 g/mol. The topological polar surface area (TPSA) is 26.8 Å². The van der Waals surface area contributed by atoms with Crippen LogP contribution in [0.4, 0.5) is 0 Å². The lowest BCUT2D eigenvalue weighted by Gasteiger charge is -2.34. The lowest BCUT2D eigenvalue weighted by atomic mass is 9.89. The number of likely N-dealkylation sites (N-methyl/N-ethyl adjacent to an activating group) is 1. The van der Waals surface area contributed by atoms with Gasteiger partial charge in [-0.3, -0.25) is 4.79 Å². The number of amides is 1. The molecular formula is C18H33N3O. The molecule has 2 saturated heterocycles. The minimum atomic E-state index is 0.446. The molecule has 1 amide bonds. The van der Waals surface area contributed by atoms with Gasteiger partial charge in [-0.1, -0.05) is 12.8 Å². The highest BCUT2D eigenvalue weighted by molar-refractivity contribution is 5.76. The summed E-state index contributed by atoms with van der Waals surface area (Å²) in [5.41, 5.74) is 0. The van der Waals surface area contributed by atoms with E-state index in [1.165, 1.54) is 51.7 Å². The molecule has 0 N–H and O–H groups in total. The number of carbonyl (C=O) groups excluding carboxylic acids is 1. The van der Waals surface area contributed by atoms with E-state index in [1.807, 2.05) is 0 Å². The Balaban J connectivity index is 1.45. The Hall–Kier alpha value is -0.610. The van der Waals surface area contributed by atoms with E-state index < -0.39 is 0 Å². The van der Waals surface area contributed by atoms with Gasteiger partial charge in [0.2, 0.25) is 5.91 Å². The number of nitrogens with zero attached hydrogens (tertiary/aromatic N) is 3. The van der Waals surface area contributed by atoms with Crippen LogP contribution in [0.25, 0.3) is 0 Å². The van der Waals surface area contributed by atoms with Crippen LogP contribution in [0, 0.1) is 17.8 Å². The minimum absolute atomic E-state index is 0.446. The summed E-state index contributed by atoms with van der Waals surface area (Å²) < 4.78 is 0. The number of likely N-dealkylation sites (tertiary alicyclic amines) is 2. The van der Waals surface area contributed by atoms with Crippen LogP contribution in [0.2, 0.25) is 0 Å². The van der Waals surface area contributed by atoms with Crippen molar-refractivity contribution in [3.63, 3.8) is 0 Å². The third kappa shape index (κ3) is 4.02. The van der Waals surface area contributed by atoms with Crippen LogP contribution in [0.1, 0.15) is 38.5 Å². The summed E-state index contributed by atoms with van der Waals surface area (Å²) in [4.78, 5) is 19.6. The van der Waals surface area contributed by atoms with E-state index >= 15 is 0 Å². The Kier molecular flexibility index (Phi) is 5.40. The highest BCUT2D eigenvalue weighted by Crippen LogP contribution is 2.33. The number of hydrogen-bond donors (Lipinski definition) is 0. The van der Waals surface area contributed by atoms with Gasteiger partial charge in [0.05, 0.1) is 0 Å². The van der Waals surface area contributed by atoms with Crippen molar-refractivity contribution >= 4 is 5.91 Å². The molecule has 4 nitrogen and oxygen atoms in total. The first kappa shape index (κ1) is 16.3. The van der Waals surface area contributed by atoms with E-state index in [0.29, 0.717) is 11.8 Å². The van der Waals surface area contributed by atoms with Crippen LogP contribution in [0.15, 0.2) is 0 Å². The molecule has 0 unspecified atom stereocenters. The van der Waals surface area contributed by atoms with Crippen molar-refractivity contribution in [1.29, 1.82) is 0 Å². The second kappa shape index (κ2) is 7.31. The van der Waals surface area contributed by atoms with Crippen LogP contribution in [0.3, 0.4) is 0 Å². The van der Waals surface area contributed by atoms with Crippen LogP contribution in [-0.2, 0) is 4.79 Å². The summed E-state index contributed by atoms with van der Waals surface area (Å²) in [6.07, 6.45) is 7.35. The normalized spacial score (nSPS) is 30.2. The standard InChI is InChI=1S/C18H33N3O/c1-19(2)9-10-20-8-7-16-13-21(14-17(16)12-20)18(22)11-15-5-3-4-6-15/h15-17H,3-14H2,1-2H3/t16-,17+/m0/s1. The monoisotopic (exact) mass is 307 g/mol. The summed E-state index contributed by atoms with van der Waals surface area (Å²) in [6.45, 7) is 6.80. The van der Waals surface area contributed by atoms with Gasteiger partial charge >= 0.3 is 0 Å². The van der Waals surface area contributed by atoms with E-state index in [4.69, 9.17) is 0 Å². The zero-order valence-electron chi connectivity index (χ0n) is 14.5. The first-order valence-electron chi connectivity index (χ1n) is 9.26. The summed E-state index contributed by atoms with van der Waals surface area (Å²) in [5.74, 6) is 2.62. The number of fused-ring (bicyclic) bond motifs is 1. The Bertz CT molecular complexity index is 379. The Morgan fingerprint density at radius 2 is 1.77 bits per heavy atom. The Morgan fingerprint density at radius 1 is 1.05 bits per heavy atom. The molecule has 3 fully saturated rings. The van der Waals surface area contributed by atoms with Crippen molar-refractivity contribution in [2.24, 2.45) is 17.8 Å². The van der Waals surface area contributed by atoms with Gasteiger partial charge in [0.25, 0.3) is 0 Å². The van der Waals surface area contributed by atoms with Crippen LogP contribution in [0.5, 0.6) is 0 Å². The number of piperidine rings is 1. The summed E-state index contributed by atoms with van der Waals surface area (Å²) >= 11 is 0. The highest BCUT2D eigenvalue weighted by atomic mass is 16.2. The van der Waals surface area contributed by atoms with E-state index in [0.717, 1.165) is 37.9 Å². The van der Waals surface area contributed by atoms with Crippen molar-refractivity contribution in [2.75, 3.05) is 53.4 Å². The highest BCUT2D eigenvalue weighted by Gasteiger charge is 2.38. The Labute approximate surface area is 135 Å². The first-order chi connectivity index (χ1) is 10.6. The maximum absolute atomic E-state index is 12.5. The zero-order chi connectivity index (χ0) is 15.5. The fourth-order valence-electron chi connectivity index (χ4n) is 4.58. The quantitative estimate of drug-likeness (QED) is 0.776. The van der Waals surface area contributed by atoms with Crippen molar-refractivity contribution in [2.45, 2.75) is 38.5 Å². The minimum Gasteiger partial charge on any atom is -0.342 e. The number of rotatable bonds is 5. The fourth-order valence-corrected chi connectivity index (χ4v) is 4.58. The van der Waals surface area contributed by atoms with Crippen molar-refractivity contribution in [3.8, 4) is 0 Å². The second-order valence-electron chi connectivity index (χ2n) is 8.07. The van der Waals surface area contributed by atoms with Gasteiger partial charge in [-0.25, -0.2) is 0 Å². The van der Waals surface area contributed by atoms with Gasteiger partial charge in [0.1, 0.15) is 0 Å². The van der Waals surface area contributed by atoms with Gasteiger partial charge in [0.15, 0.2) is 0 Å². The SMILES string of the molecule is CN(C)CCN1CC[C@H]2CN(C(=O)CC3CCCC3)C[C@H]2C1. The molecule has 2 atom stereocenters. The third-order valence-corrected chi connectivity index (χ3v) is 6.04. The molecule has 0 radical (unpaired) electrons. The number of carbonyl (C=O) groups is 1. The van der Waals surface area contributed by atoms with Gasteiger partial charge < -0.3 is 14.7 Å². The molecule has 0 aromatic rings. The average Bonchev–Trinajstić information content (AvgIpc) is 3.13. The van der Waals surface area contributed by atoms with Gasteiger partial charge in [-0.2, -0.15) is 0 Å². The molecule has 0 aromatic heterocycles. The largest absolute Gasteiger partial charge is 0.342 e. The molecule has 2 aliphatic heterocycles. The molecule has 0 aromatic carbocycles. The molecule has 126 valence electrons. The third-order valence-electron chi connectivity index (χ3n) is 6.04. The maximum Gasteiger partial charge on any atom is 0.222 e. The van der Waals surface area contributed by atoms with Crippen molar-refractivity contribution in [1.82, 2.24) is 14.7 Å². The van der Waals surface area contributed by atoms with E-state index in [-0.39, 0.29) is 0 Å². The lowest BCUT2D eigenvalue weighted by molar-refractivity contribution is -0.131. The smallest absolute Gasteiger partial charge is 0.222 e. The van der Waals surface area contributed by atoms with E-state index in [1.54, 1.807) is 0 Å².